The van der Waals surface area contributed by atoms with Gasteiger partial charge in [-0.2, -0.15) is 5.10 Å². The Morgan fingerprint density at radius 1 is 1.44 bits per heavy atom. The molecule has 1 fully saturated rings. The van der Waals surface area contributed by atoms with E-state index in [-0.39, 0.29) is 18.4 Å². The number of amides is 2. The molecule has 1 saturated heterocycles. The zero-order chi connectivity index (χ0) is 12.5. The number of nitrogens with one attached hydrogen (secondary N) is 1. The highest BCUT2D eigenvalue weighted by Gasteiger charge is 2.26. The Morgan fingerprint density at radius 2 is 2.33 bits per heavy atom. The molecule has 0 unspecified atom stereocenters. The smallest absolute Gasteiger partial charge is 0.275 e. The van der Waals surface area contributed by atoms with E-state index < -0.39 is 0 Å². The van der Waals surface area contributed by atoms with Crippen LogP contribution in [0, 0.1) is 0 Å². The molecule has 7 heteroatoms. The van der Waals surface area contributed by atoms with Crippen molar-refractivity contribution in [3.8, 4) is 5.88 Å². The number of rotatable bonds is 1. The van der Waals surface area contributed by atoms with Crippen molar-refractivity contribution in [2.24, 2.45) is 0 Å². The zero-order valence-corrected chi connectivity index (χ0v) is 9.89. The lowest BCUT2D eigenvalue weighted by Gasteiger charge is -2.25. The maximum absolute atomic E-state index is 12.2. The normalized spacial score (nSPS) is 18.9. The summed E-state index contributed by atoms with van der Waals surface area (Å²) in [6, 6.07) is 1.65. The lowest BCUT2D eigenvalue weighted by molar-refractivity contribution is -0.123. The number of carbonyl (C=O) groups is 2. The molecule has 2 amide bonds. The van der Waals surface area contributed by atoms with Gasteiger partial charge in [-0.1, -0.05) is 0 Å². The quantitative estimate of drug-likeness (QED) is 0.710. The highest BCUT2D eigenvalue weighted by molar-refractivity contribution is 5.95. The summed E-state index contributed by atoms with van der Waals surface area (Å²) in [5.41, 5.74) is 0.349. The van der Waals surface area contributed by atoms with Crippen LogP contribution in [0.1, 0.15) is 16.9 Å². The van der Waals surface area contributed by atoms with Crippen molar-refractivity contribution < 1.29 is 14.3 Å². The predicted molar refractivity (Wildman–Crippen MR) is 61.3 cm³/mol. The van der Waals surface area contributed by atoms with E-state index in [1.54, 1.807) is 10.7 Å². The molecule has 0 atom stereocenters. The molecule has 0 radical (unpaired) electrons. The average molecular weight is 250 g/mol. The number of fused-ring (bicyclic) bond motifs is 1. The van der Waals surface area contributed by atoms with Crippen molar-refractivity contribution in [3.63, 3.8) is 0 Å². The van der Waals surface area contributed by atoms with Gasteiger partial charge in [0, 0.05) is 32.1 Å². The van der Waals surface area contributed by atoms with Crippen LogP contribution in [0.2, 0.25) is 0 Å². The van der Waals surface area contributed by atoms with Gasteiger partial charge in [-0.05, 0) is 0 Å². The van der Waals surface area contributed by atoms with Crippen LogP contribution in [-0.2, 0) is 11.3 Å². The summed E-state index contributed by atoms with van der Waals surface area (Å²) in [7, 11) is 0. The van der Waals surface area contributed by atoms with Crippen molar-refractivity contribution in [3.05, 3.63) is 11.8 Å². The van der Waals surface area contributed by atoms with Gasteiger partial charge in [0.15, 0.2) is 5.69 Å². The van der Waals surface area contributed by atoms with Crippen molar-refractivity contribution >= 4 is 11.8 Å². The second-order valence-electron chi connectivity index (χ2n) is 4.37. The summed E-state index contributed by atoms with van der Waals surface area (Å²) in [6.07, 6.45) is 0.897. The molecular weight excluding hydrogens is 236 g/mol. The molecule has 18 heavy (non-hydrogen) atoms. The number of carbonyl (C=O) groups excluding carboxylic acids is 2. The molecule has 1 N–H and O–H groups in total. The van der Waals surface area contributed by atoms with Gasteiger partial charge in [-0.25, -0.2) is 4.68 Å². The van der Waals surface area contributed by atoms with Crippen LogP contribution in [0.5, 0.6) is 5.88 Å². The second kappa shape index (κ2) is 4.32. The molecular formula is C11H14N4O3. The summed E-state index contributed by atoms with van der Waals surface area (Å²) in [6.45, 7) is 2.54. The number of aromatic nitrogens is 2. The number of piperazine rings is 1. The highest BCUT2D eigenvalue weighted by atomic mass is 16.5. The molecule has 1 aromatic rings. The Balaban J connectivity index is 1.79. The third-order valence-electron chi connectivity index (χ3n) is 3.05. The Morgan fingerprint density at radius 3 is 3.11 bits per heavy atom. The summed E-state index contributed by atoms with van der Waals surface area (Å²) < 4.78 is 7.11. The number of aryl methyl sites for hydroxylation is 1. The molecule has 3 heterocycles. The van der Waals surface area contributed by atoms with E-state index in [0.29, 0.717) is 31.3 Å². The minimum atomic E-state index is -0.213. The van der Waals surface area contributed by atoms with Crippen molar-refractivity contribution in [1.82, 2.24) is 20.0 Å². The fourth-order valence-electron chi connectivity index (χ4n) is 2.15. The average Bonchev–Trinajstić information content (AvgIpc) is 2.81. The molecule has 0 bridgehead atoms. The first-order valence-corrected chi connectivity index (χ1v) is 6.01. The van der Waals surface area contributed by atoms with E-state index in [1.165, 1.54) is 4.90 Å². The maximum atomic E-state index is 12.2. The number of ether oxygens (including phenoxy) is 1. The van der Waals surface area contributed by atoms with Crippen LogP contribution in [-0.4, -0.2) is 52.7 Å². The second-order valence-corrected chi connectivity index (χ2v) is 4.37. The molecule has 3 rings (SSSR count). The zero-order valence-electron chi connectivity index (χ0n) is 9.89. The van der Waals surface area contributed by atoms with E-state index in [4.69, 9.17) is 4.74 Å². The minimum absolute atomic E-state index is 0.0991. The molecule has 0 saturated carbocycles. The molecule has 96 valence electrons. The van der Waals surface area contributed by atoms with E-state index in [2.05, 4.69) is 10.4 Å². The molecule has 2 aliphatic rings. The monoisotopic (exact) mass is 250 g/mol. The SMILES string of the molecule is O=C1CN(C(=O)c2cc3n(n2)CCCO3)CCN1. The van der Waals surface area contributed by atoms with Crippen LogP contribution in [0.4, 0.5) is 0 Å². The van der Waals surface area contributed by atoms with Crippen LogP contribution in [0.3, 0.4) is 0 Å². The topological polar surface area (TPSA) is 76.5 Å². The fourth-order valence-corrected chi connectivity index (χ4v) is 2.15. The largest absolute Gasteiger partial charge is 0.478 e. The first-order valence-electron chi connectivity index (χ1n) is 6.01. The molecule has 0 aromatic carbocycles. The Labute approximate surface area is 104 Å². The van der Waals surface area contributed by atoms with Crippen molar-refractivity contribution in [2.45, 2.75) is 13.0 Å². The summed E-state index contributed by atoms with van der Waals surface area (Å²) in [5, 5.41) is 6.90. The van der Waals surface area contributed by atoms with Gasteiger partial charge in [0.25, 0.3) is 5.91 Å². The van der Waals surface area contributed by atoms with Crippen LogP contribution in [0.15, 0.2) is 6.07 Å². The van der Waals surface area contributed by atoms with Gasteiger partial charge in [-0.15, -0.1) is 0 Å². The Kier molecular flexibility index (Phi) is 2.66. The van der Waals surface area contributed by atoms with Gasteiger partial charge in [0.1, 0.15) is 0 Å². The standard InChI is InChI=1S/C11H14N4O3/c16-9-7-14(4-2-12-9)11(17)8-6-10-15(13-8)3-1-5-18-10/h6H,1-5,7H2,(H,12,16). The summed E-state index contributed by atoms with van der Waals surface area (Å²) >= 11 is 0. The summed E-state index contributed by atoms with van der Waals surface area (Å²) in [5.74, 6) is 0.288. The number of nitrogens with zero attached hydrogens (tertiary/aromatic N) is 3. The molecule has 7 nitrogen and oxygen atoms in total. The molecule has 1 aromatic heterocycles. The number of hydrogen-bond donors (Lipinski definition) is 1. The first kappa shape index (κ1) is 11.1. The Hall–Kier alpha value is -2.05. The minimum Gasteiger partial charge on any atom is -0.478 e. The van der Waals surface area contributed by atoms with Crippen LogP contribution in [0.25, 0.3) is 0 Å². The summed E-state index contributed by atoms with van der Waals surface area (Å²) in [4.78, 5) is 24.9. The van der Waals surface area contributed by atoms with E-state index in [9.17, 15) is 9.59 Å². The van der Waals surface area contributed by atoms with Gasteiger partial charge in [0.05, 0.1) is 13.2 Å². The third-order valence-corrected chi connectivity index (χ3v) is 3.05. The van der Waals surface area contributed by atoms with Crippen LogP contribution < -0.4 is 10.1 Å². The molecule has 0 aliphatic carbocycles. The van der Waals surface area contributed by atoms with Crippen LogP contribution >= 0.6 is 0 Å². The van der Waals surface area contributed by atoms with E-state index in [0.717, 1.165) is 13.0 Å². The van der Waals surface area contributed by atoms with E-state index in [1.807, 2.05) is 0 Å². The lowest BCUT2D eigenvalue weighted by Crippen LogP contribution is -2.50. The van der Waals surface area contributed by atoms with Gasteiger partial charge >= 0.3 is 0 Å². The predicted octanol–water partition coefficient (Wildman–Crippen LogP) is -0.762. The fraction of sp³-hybridized carbons (Fsp3) is 0.545. The van der Waals surface area contributed by atoms with Crippen molar-refractivity contribution in [1.29, 1.82) is 0 Å². The van der Waals surface area contributed by atoms with Crippen molar-refractivity contribution in [2.75, 3.05) is 26.2 Å². The van der Waals surface area contributed by atoms with Gasteiger partial charge in [0.2, 0.25) is 11.8 Å². The van der Waals surface area contributed by atoms with Gasteiger partial charge < -0.3 is 15.0 Å². The van der Waals surface area contributed by atoms with Gasteiger partial charge in [-0.3, -0.25) is 9.59 Å². The lowest BCUT2D eigenvalue weighted by atomic mass is 10.3. The Bertz CT molecular complexity index is 473. The molecule has 0 spiro atoms. The van der Waals surface area contributed by atoms with E-state index >= 15 is 0 Å². The maximum Gasteiger partial charge on any atom is 0.275 e. The third kappa shape index (κ3) is 1.92. The number of hydrogen-bond acceptors (Lipinski definition) is 4. The first-order chi connectivity index (χ1) is 8.74. The highest BCUT2D eigenvalue weighted by Crippen LogP contribution is 2.19. The molecule has 2 aliphatic heterocycles.